The molecule has 0 saturated heterocycles. The van der Waals surface area contributed by atoms with E-state index in [0.717, 1.165) is 5.56 Å². The zero-order valence-electron chi connectivity index (χ0n) is 10.6. The third-order valence-electron chi connectivity index (χ3n) is 2.39. The molecule has 1 amide bonds. The molecule has 2 aromatic carbocycles. The minimum Gasteiger partial charge on any atom is -0.484 e. The number of carbonyl (C=O) groups excluding carboxylic acids is 1. The molecule has 0 bridgehead atoms. The molecular weight excluding hydrogens is 259 g/mol. The lowest BCUT2D eigenvalue weighted by atomic mass is 10.2. The van der Waals surface area contributed by atoms with Gasteiger partial charge in [0.1, 0.15) is 11.6 Å². The summed E-state index contributed by atoms with van der Waals surface area (Å²) in [5.74, 6) is -0.315. The first-order chi connectivity index (χ1) is 9.74. The molecule has 0 heterocycles. The fourth-order valence-corrected chi connectivity index (χ4v) is 1.43. The maximum Gasteiger partial charge on any atom is 0.277 e. The number of carbonyl (C=O) groups is 1. The summed E-state index contributed by atoms with van der Waals surface area (Å²) in [4.78, 5) is 11.4. The molecule has 0 fully saturated rings. The summed E-state index contributed by atoms with van der Waals surface area (Å²) in [7, 11) is 0. The summed E-state index contributed by atoms with van der Waals surface area (Å²) >= 11 is 0. The van der Waals surface area contributed by atoms with Crippen molar-refractivity contribution in [3.05, 3.63) is 66.0 Å². The number of halogens is 1. The highest BCUT2D eigenvalue weighted by Gasteiger charge is 2.01. The summed E-state index contributed by atoms with van der Waals surface area (Å²) < 4.78 is 17.8. The second kappa shape index (κ2) is 7.04. The van der Waals surface area contributed by atoms with E-state index in [1.165, 1.54) is 30.5 Å². The van der Waals surface area contributed by atoms with Crippen LogP contribution in [0.3, 0.4) is 0 Å². The number of hydrogen-bond acceptors (Lipinski definition) is 3. The monoisotopic (exact) mass is 272 g/mol. The number of ether oxygens (including phenoxy) is 1. The Morgan fingerprint density at radius 3 is 2.55 bits per heavy atom. The molecule has 102 valence electrons. The predicted octanol–water partition coefficient (Wildman–Crippen LogP) is 2.35. The topological polar surface area (TPSA) is 50.7 Å². The second-order valence-corrected chi connectivity index (χ2v) is 3.95. The van der Waals surface area contributed by atoms with Crippen molar-refractivity contribution in [2.24, 2.45) is 5.10 Å². The minimum atomic E-state index is -0.387. The quantitative estimate of drug-likeness (QED) is 0.671. The molecule has 4 nitrogen and oxygen atoms in total. The van der Waals surface area contributed by atoms with Gasteiger partial charge < -0.3 is 4.74 Å². The molecule has 0 aliphatic heterocycles. The maximum atomic E-state index is 12.7. The van der Waals surface area contributed by atoms with Gasteiger partial charge in [-0.3, -0.25) is 4.79 Å². The summed E-state index contributed by atoms with van der Waals surface area (Å²) in [6.07, 6.45) is 1.54. The first kappa shape index (κ1) is 13.7. The number of nitrogens with one attached hydrogen (secondary N) is 1. The van der Waals surface area contributed by atoms with Crippen LogP contribution in [0, 0.1) is 5.82 Å². The van der Waals surface area contributed by atoms with Gasteiger partial charge in [0.05, 0.1) is 6.21 Å². The van der Waals surface area contributed by atoms with Crippen molar-refractivity contribution in [2.45, 2.75) is 0 Å². The first-order valence-electron chi connectivity index (χ1n) is 5.99. The SMILES string of the molecule is O=C(COc1ccc(F)cc1)N/N=C\c1ccccc1. The molecule has 0 radical (unpaired) electrons. The van der Waals surface area contributed by atoms with Crippen molar-refractivity contribution in [3.63, 3.8) is 0 Å². The molecule has 0 atom stereocenters. The highest BCUT2D eigenvalue weighted by atomic mass is 19.1. The number of rotatable bonds is 5. The van der Waals surface area contributed by atoms with Gasteiger partial charge in [0.2, 0.25) is 0 Å². The van der Waals surface area contributed by atoms with Crippen molar-refractivity contribution in [1.82, 2.24) is 5.43 Å². The molecule has 0 aliphatic rings. The van der Waals surface area contributed by atoms with E-state index in [2.05, 4.69) is 10.5 Å². The zero-order chi connectivity index (χ0) is 14.2. The van der Waals surface area contributed by atoms with Crippen molar-refractivity contribution in [1.29, 1.82) is 0 Å². The first-order valence-corrected chi connectivity index (χ1v) is 5.99. The van der Waals surface area contributed by atoms with Crippen LogP contribution >= 0.6 is 0 Å². The Balaban J connectivity index is 1.76. The average Bonchev–Trinajstić information content (AvgIpc) is 2.48. The van der Waals surface area contributed by atoms with Gasteiger partial charge in [-0.2, -0.15) is 5.10 Å². The Hall–Kier alpha value is -2.69. The highest BCUT2D eigenvalue weighted by molar-refractivity contribution is 5.82. The Morgan fingerprint density at radius 2 is 1.85 bits per heavy atom. The Kier molecular flexibility index (Phi) is 4.83. The number of nitrogens with zero attached hydrogens (tertiary/aromatic N) is 1. The van der Waals surface area contributed by atoms with Gasteiger partial charge in [-0.1, -0.05) is 30.3 Å². The number of amides is 1. The van der Waals surface area contributed by atoms with Gasteiger partial charge in [-0.15, -0.1) is 0 Å². The Morgan fingerprint density at radius 1 is 1.15 bits per heavy atom. The van der Waals surface area contributed by atoms with Gasteiger partial charge in [0.15, 0.2) is 6.61 Å². The molecule has 1 N–H and O–H groups in total. The average molecular weight is 272 g/mol. The number of benzene rings is 2. The van der Waals surface area contributed by atoms with E-state index >= 15 is 0 Å². The van der Waals surface area contributed by atoms with Gasteiger partial charge >= 0.3 is 0 Å². The second-order valence-electron chi connectivity index (χ2n) is 3.95. The largest absolute Gasteiger partial charge is 0.484 e. The van der Waals surface area contributed by atoms with Gasteiger partial charge in [0, 0.05) is 0 Å². The van der Waals surface area contributed by atoms with Crippen LogP contribution in [0.4, 0.5) is 4.39 Å². The lowest BCUT2D eigenvalue weighted by Crippen LogP contribution is -2.24. The maximum absolute atomic E-state index is 12.7. The lowest BCUT2D eigenvalue weighted by molar-refractivity contribution is -0.123. The van der Waals surface area contributed by atoms with Crippen LogP contribution in [0.2, 0.25) is 0 Å². The summed E-state index contributed by atoms with van der Waals surface area (Å²) in [6, 6.07) is 14.8. The van der Waals surface area contributed by atoms with E-state index in [1.807, 2.05) is 30.3 Å². The van der Waals surface area contributed by atoms with Gasteiger partial charge in [-0.25, -0.2) is 9.82 Å². The van der Waals surface area contributed by atoms with E-state index in [9.17, 15) is 9.18 Å². The molecule has 0 unspecified atom stereocenters. The Labute approximate surface area is 115 Å². The zero-order valence-corrected chi connectivity index (χ0v) is 10.6. The fourth-order valence-electron chi connectivity index (χ4n) is 1.43. The van der Waals surface area contributed by atoms with E-state index < -0.39 is 0 Å². The minimum absolute atomic E-state index is 0.183. The molecule has 0 spiro atoms. The molecular formula is C15H13FN2O2. The summed E-state index contributed by atoms with van der Waals surface area (Å²) in [5, 5.41) is 3.80. The molecule has 0 aromatic heterocycles. The molecule has 20 heavy (non-hydrogen) atoms. The fraction of sp³-hybridized carbons (Fsp3) is 0.0667. The smallest absolute Gasteiger partial charge is 0.277 e. The van der Waals surface area contributed by atoms with Crippen LogP contribution < -0.4 is 10.2 Å². The van der Waals surface area contributed by atoms with Gasteiger partial charge in [0.25, 0.3) is 5.91 Å². The van der Waals surface area contributed by atoms with E-state index in [4.69, 9.17) is 4.74 Å². The highest BCUT2D eigenvalue weighted by Crippen LogP contribution is 2.10. The van der Waals surface area contributed by atoms with Crippen LogP contribution in [0.5, 0.6) is 5.75 Å². The van der Waals surface area contributed by atoms with Gasteiger partial charge in [-0.05, 0) is 29.8 Å². The third kappa shape index (κ3) is 4.53. The van der Waals surface area contributed by atoms with Crippen molar-refractivity contribution >= 4 is 12.1 Å². The van der Waals surface area contributed by atoms with Crippen molar-refractivity contribution in [3.8, 4) is 5.75 Å². The van der Waals surface area contributed by atoms with Crippen LogP contribution in [-0.4, -0.2) is 18.7 Å². The van der Waals surface area contributed by atoms with Crippen LogP contribution in [0.15, 0.2) is 59.7 Å². The van der Waals surface area contributed by atoms with E-state index in [-0.39, 0.29) is 18.3 Å². The van der Waals surface area contributed by atoms with E-state index in [0.29, 0.717) is 5.75 Å². The molecule has 5 heteroatoms. The summed E-state index contributed by atoms with van der Waals surface area (Å²) in [6.45, 7) is -0.183. The van der Waals surface area contributed by atoms with Crippen LogP contribution in [0.25, 0.3) is 0 Å². The molecule has 2 aromatic rings. The van der Waals surface area contributed by atoms with Crippen molar-refractivity contribution < 1.29 is 13.9 Å². The number of hydrazone groups is 1. The van der Waals surface area contributed by atoms with Crippen LogP contribution in [-0.2, 0) is 4.79 Å². The predicted molar refractivity (Wildman–Crippen MR) is 74.1 cm³/mol. The third-order valence-corrected chi connectivity index (χ3v) is 2.39. The Bertz CT molecular complexity index is 583. The molecule has 0 aliphatic carbocycles. The number of hydrogen-bond donors (Lipinski definition) is 1. The molecule has 2 rings (SSSR count). The lowest BCUT2D eigenvalue weighted by Gasteiger charge is -2.04. The normalized spacial score (nSPS) is 10.4. The standard InChI is InChI=1S/C15H13FN2O2/c16-13-6-8-14(9-7-13)20-11-15(19)18-17-10-12-4-2-1-3-5-12/h1-10H,11H2,(H,18,19)/b17-10-. The van der Waals surface area contributed by atoms with Crippen molar-refractivity contribution in [2.75, 3.05) is 6.61 Å². The van der Waals surface area contributed by atoms with Crippen LogP contribution in [0.1, 0.15) is 5.56 Å². The molecule has 0 saturated carbocycles. The summed E-state index contributed by atoms with van der Waals surface area (Å²) in [5.41, 5.74) is 3.23. The van der Waals surface area contributed by atoms with E-state index in [1.54, 1.807) is 0 Å².